The molecule has 0 saturated carbocycles. The lowest BCUT2D eigenvalue weighted by atomic mass is 10.00. The minimum Gasteiger partial charge on any atom is -0.508 e. The molecule has 0 radical (unpaired) electrons. The van der Waals surface area contributed by atoms with Gasteiger partial charge in [0.05, 0.1) is 31.3 Å². The van der Waals surface area contributed by atoms with Crippen molar-refractivity contribution in [1.29, 1.82) is 0 Å². The number of aliphatic hydroxyl groups is 2. The lowest BCUT2D eigenvalue weighted by molar-refractivity contribution is -0.148. The summed E-state index contributed by atoms with van der Waals surface area (Å²) >= 11 is 0. The van der Waals surface area contributed by atoms with Crippen molar-refractivity contribution in [3.05, 3.63) is 29.3 Å². The summed E-state index contributed by atoms with van der Waals surface area (Å²) in [4.78, 5) is 19.7. The van der Waals surface area contributed by atoms with Gasteiger partial charge in [0.15, 0.2) is 0 Å². The smallest absolute Gasteiger partial charge is 0.308 e. The molecule has 8 heteroatoms. The first-order valence-corrected chi connectivity index (χ1v) is 9.12. The number of benzene rings is 1. The number of ether oxygens (including phenoxy) is 2. The molecular weight excluding hydrogens is 368 g/mol. The van der Waals surface area contributed by atoms with E-state index in [1.54, 1.807) is 26.0 Å². The minimum atomic E-state index is -0.459. The predicted molar refractivity (Wildman–Crippen MR) is 103 cm³/mol. The number of phenolic OH excluding ortho intramolecular Hbond substituents is 1. The van der Waals surface area contributed by atoms with Crippen molar-refractivity contribution >= 4 is 12.4 Å². The summed E-state index contributed by atoms with van der Waals surface area (Å²) in [6, 6.07) is 5.30. The fourth-order valence-electron chi connectivity index (χ4n) is 2.27. The lowest BCUT2D eigenvalue weighted by Crippen LogP contribution is -2.32. The van der Waals surface area contributed by atoms with Crippen molar-refractivity contribution in [1.82, 2.24) is 0 Å². The maximum absolute atomic E-state index is 11.3. The number of rotatable bonds is 4. The second-order valence-corrected chi connectivity index (χ2v) is 7.00. The Morgan fingerprint density at radius 2 is 1.75 bits per heavy atom. The summed E-state index contributed by atoms with van der Waals surface area (Å²) in [7, 11) is 0. The van der Waals surface area contributed by atoms with Crippen LogP contribution in [-0.4, -0.2) is 58.3 Å². The van der Waals surface area contributed by atoms with Gasteiger partial charge in [0.1, 0.15) is 12.4 Å². The van der Waals surface area contributed by atoms with E-state index in [0.29, 0.717) is 25.4 Å². The van der Waals surface area contributed by atoms with Crippen LogP contribution in [0, 0.1) is 5.92 Å². The first-order chi connectivity index (χ1) is 13.1. The molecule has 0 spiro atoms. The average molecular weight is 400 g/mol. The molecule has 1 aromatic carbocycles. The van der Waals surface area contributed by atoms with Gasteiger partial charge >= 0.3 is 5.97 Å². The van der Waals surface area contributed by atoms with Crippen molar-refractivity contribution in [3.63, 3.8) is 0 Å². The number of carboxylic acid groups (broad SMARTS) is 1. The van der Waals surface area contributed by atoms with Crippen LogP contribution in [0.1, 0.15) is 51.2 Å². The van der Waals surface area contributed by atoms with Crippen molar-refractivity contribution in [2.45, 2.75) is 58.8 Å². The minimum absolute atomic E-state index is 0.114. The first kappa shape index (κ1) is 25.8. The zero-order valence-corrected chi connectivity index (χ0v) is 16.9. The number of aliphatic hydroxyl groups excluding tert-OH is 2. The summed E-state index contributed by atoms with van der Waals surface area (Å²) in [6.07, 6.45) is -0.461. The topological polar surface area (TPSA) is 134 Å². The summed E-state index contributed by atoms with van der Waals surface area (Å²) in [5, 5.41) is 34.1. The molecule has 0 bridgehead atoms. The first-order valence-electron chi connectivity index (χ1n) is 9.12. The summed E-state index contributed by atoms with van der Waals surface area (Å²) in [5.74, 6) is 0.218. The molecular formula is C20H32O8. The molecule has 2 rings (SSSR count). The van der Waals surface area contributed by atoms with E-state index in [1.807, 2.05) is 19.9 Å². The van der Waals surface area contributed by atoms with E-state index in [0.717, 1.165) is 11.1 Å². The third-order valence-electron chi connectivity index (χ3n) is 3.73. The van der Waals surface area contributed by atoms with Crippen molar-refractivity contribution in [3.8, 4) is 5.75 Å². The van der Waals surface area contributed by atoms with Crippen molar-refractivity contribution in [2.75, 3.05) is 13.2 Å². The highest BCUT2D eigenvalue weighted by molar-refractivity contribution is 5.71. The molecule has 160 valence electrons. The van der Waals surface area contributed by atoms with Gasteiger partial charge in [-0.3, -0.25) is 9.59 Å². The molecule has 2 unspecified atom stereocenters. The molecule has 1 aliphatic heterocycles. The molecule has 1 saturated heterocycles. The Hall–Kier alpha value is -2.16. The maximum atomic E-state index is 11.3. The van der Waals surface area contributed by atoms with Crippen LogP contribution in [0.2, 0.25) is 0 Å². The number of aromatic hydroxyl groups is 1. The van der Waals surface area contributed by atoms with E-state index < -0.39 is 12.2 Å². The van der Waals surface area contributed by atoms with E-state index in [4.69, 9.17) is 29.6 Å². The molecule has 0 aromatic heterocycles. The van der Waals surface area contributed by atoms with Gasteiger partial charge < -0.3 is 29.9 Å². The number of esters is 1. The van der Waals surface area contributed by atoms with E-state index in [2.05, 4.69) is 0 Å². The quantitative estimate of drug-likeness (QED) is 0.446. The van der Waals surface area contributed by atoms with Crippen LogP contribution in [0.5, 0.6) is 5.75 Å². The fourth-order valence-corrected chi connectivity index (χ4v) is 2.27. The molecule has 28 heavy (non-hydrogen) atoms. The fraction of sp³-hybridized carbons (Fsp3) is 0.600. The normalized spacial score (nSPS) is 18.4. The van der Waals surface area contributed by atoms with Crippen molar-refractivity contribution in [2.24, 2.45) is 5.92 Å². The van der Waals surface area contributed by atoms with Gasteiger partial charge in [-0.15, -0.1) is 0 Å². The SMILES string of the molecule is CC(C)C(=O)OCc1ccc(O)c(C(C)C)c1.O=CO.OC1COCC(O)C1. The lowest BCUT2D eigenvalue weighted by Gasteiger charge is -2.21. The largest absolute Gasteiger partial charge is 0.508 e. The predicted octanol–water partition coefficient (Wildman–Crippen LogP) is 2.04. The number of carbonyl (C=O) groups excluding carboxylic acids is 1. The van der Waals surface area contributed by atoms with Crippen molar-refractivity contribution < 1.29 is 39.5 Å². The van der Waals surface area contributed by atoms with E-state index in [1.165, 1.54) is 0 Å². The Morgan fingerprint density at radius 1 is 1.21 bits per heavy atom. The van der Waals surface area contributed by atoms with Crippen LogP contribution in [0.3, 0.4) is 0 Å². The number of phenols is 1. The second kappa shape index (κ2) is 13.9. The maximum Gasteiger partial charge on any atom is 0.308 e. The van der Waals surface area contributed by atoms with Gasteiger partial charge in [-0.25, -0.2) is 0 Å². The van der Waals surface area contributed by atoms with Crippen LogP contribution in [-0.2, 0) is 25.7 Å². The van der Waals surface area contributed by atoms with Crippen LogP contribution >= 0.6 is 0 Å². The molecule has 1 aromatic rings. The number of hydrogen-bond acceptors (Lipinski definition) is 7. The highest BCUT2D eigenvalue weighted by Crippen LogP contribution is 2.26. The molecule has 8 nitrogen and oxygen atoms in total. The molecule has 0 aliphatic carbocycles. The van der Waals surface area contributed by atoms with Crippen LogP contribution in [0.15, 0.2) is 18.2 Å². The van der Waals surface area contributed by atoms with Gasteiger partial charge in [0, 0.05) is 6.42 Å². The molecule has 0 amide bonds. The van der Waals surface area contributed by atoms with Gasteiger partial charge in [0.2, 0.25) is 0 Å². The molecule has 4 N–H and O–H groups in total. The summed E-state index contributed by atoms with van der Waals surface area (Å²) < 4.78 is 9.94. The van der Waals surface area contributed by atoms with Crippen LogP contribution < -0.4 is 0 Å². The Morgan fingerprint density at radius 3 is 2.14 bits per heavy atom. The van der Waals surface area contributed by atoms with Gasteiger partial charge in [-0.05, 0) is 29.2 Å². The van der Waals surface area contributed by atoms with Gasteiger partial charge in [-0.2, -0.15) is 0 Å². The zero-order valence-electron chi connectivity index (χ0n) is 16.9. The highest BCUT2D eigenvalue weighted by Gasteiger charge is 2.17. The zero-order chi connectivity index (χ0) is 21.7. The van der Waals surface area contributed by atoms with E-state index in [9.17, 15) is 9.90 Å². The average Bonchev–Trinajstić information content (AvgIpc) is 2.61. The van der Waals surface area contributed by atoms with E-state index >= 15 is 0 Å². The summed E-state index contributed by atoms with van der Waals surface area (Å²) in [5.41, 5.74) is 1.78. The van der Waals surface area contributed by atoms with Crippen LogP contribution in [0.25, 0.3) is 0 Å². The Kier molecular flexibility index (Phi) is 12.9. The summed E-state index contributed by atoms with van der Waals surface area (Å²) in [6.45, 7) is 8.39. The van der Waals surface area contributed by atoms with Gasteiger partial charge in [-0.1, -0.05) is 33.8 Å². The van der Waals surface area contributed by atoms with E-state index in [-0.39, 0.29) is 30.9 Å². The standard InChI is InChI=1S/C14H20O3.C5H10O3.CH2O2/c1-9(2)12-7-11(5-6-13(12)15)8-17-14(16)10(3)4;6-4-1-5(7)3-8-2-4;2-1-3/h5-7,9-10,15H,8H2,1-4H3;4-7H,1-3H2;1H,(H,2,3). The Bertz CT molecular complexity index is 578. The monoisotopic (exact) mass is 400 g/mol. The third kappa shape index (κ3) is 10.9. The Labute approximate surface area is 165 Å². The van der Waals surface area contributed by atoms with Gasteiger partial charge in [0.25, 0.3) is 6.47 Å². The highest BCUT2D eigenvalue weighted by atomic mass is 16.5. The second-order valence-electron chi connectivity index (χ2n) is 7.00. The Balaban J connectivity index is 0.000000547. The third-order valence-corrected chi connectivity index (χ3v) is 3.73. The van der Waals surface area contributed by atoms with Crippen LogP contribution in [0.4, 0.5) is 0 Å². The number of carbonyl (C=O) groups is 2. The molecule has 1 heterocycles. The number of hydrogen-bond donors (Lipinski definition) is 4. The molecule has 1 aliphatic rings. The molecule has 1 fully saturated rings. The molecule has 2 atom stereocenters.